The summed E-state index contributed by atoms with van der Waals surface area (Å²) in [6.45, 7) is 2.08. The second kappa shape index (κ2) is 5.16. The van der Waals surface area contributed by atoms with Gasteiger partial charge in [-0.3, -0.25) is 0 Å². The SMILES string of the molecule is Oc1cc(F)cc(OCC2CCOCC2)c1. The Morgan fingerprint density at radius 2 is 2.06 bits per heavy atom. The van der Waals surface area contributed by atoms with E-state index >= 15 is 0 Å². The lowest BCUT2D eigenvalue weighted by Gasteiger charge is -2.22. The Hall–Kier alpha value is -1.29. The van der Waals surface area contributed by atoms with Gasteiger partial charge in [-0.1, -0.05) is 0 Å². The van der Waals surface area contributed by atoms with E-state index in [1.165, 1.54) is 12.1 Å². The van der Waals surface area contributed by atoms with Gasteiger partial charge in [-0.15, -0.1) is 0 Å². The Labute approximate surface area is 93.8 Å². The molecule has 1 aromatic rings. The number of hydrogen-bond donors (Lipinski definition) is 1. The largest absolute Gasteiger partial charge is 0.508 e. The third-order valence-electron chi connectivity index (χ3n) is 2.68. The van der Waals surface area contributed by atoms with Crippen LogP contribution in [-0.4, -0.2) is 24.9 Å². The maximum absolute atomic E-state index is 12.9. The van der Waals surface area contributed by atoms with Crippen molar-refractivity contribution in [2.45, 2.75) is 12.8 Å². The zero-order valence-electron chi connectivity index (χ0n) is 8.99. The maximum Gasteiger partial charge on any atom is 0.130 e. The van der Waals surface area contributed by atoms with Crippen LogP contribution < -0.4 is 4.74 Å². The highest BCUT2D eigenvalue weighted by Gasteiger charge is 2.14. The van der Waals surface area contributed by atoms with Crippen molar-refractivity contribution < 1.29 is 19.0 Å². The van der Waals surface area contributed by atoms with E-state index in [-0.39, 0.29) is 5.75 Å². The molecule has 1 aliphatic rings. The van der Waals surface area contributed by atoms with Gasteiger partial charge in [0.2, 0.25) is 0 Å². The highest BCUT2D eigenvalue weighted by molar-refractivity contribution is 5.32. The molecule has 16 heavy (non-hydrogen) atoms. The molecule has 0 amide bonds. The zero-order chi connectivity index (χ0) is 11.4. The van der Waals surface area contributed by atoms with Gasteiger partial charge in [0.15, 0.2) is 0 Å². The van der Waals surface area contributed by atoms with Gasteiger partial charge in [0, 0.05) is 31.4 Å². The Morgan fingerprint density at radius 1 is 1.31 bits per heavy atom. The van der Waals surface area contributed by atoms with E-state index in [1.54, 1.807) is 0 Å². The van der Waals surface area contributed by atoms with Crippen LogP contribution in [0.2, 0.25) is 0 Å². The standard InChI is InChI=1S/C12H15FO3/c13-10-5-11(14)7-12(6-10)16-8-9-1-3-15-4-2-9/h5-7,9,14H,1-4,8H2. The molecule has 0 atom stereocenters. The van der Waals surface area contributed by atoms with E-state index in [2.05, 4.69) is 0 Å². The van der Waals surface area contributed by atoms with Gasteiger partial charge in [-0.2, -0.15) is 0 Å². The van der Waals surface area contributed by atoms with Crippen molar-refractivity contribution in [3.63, 3.8) is 0 Å². The summed E-state index contributed by atoms with van der Waals surface area (Å²) in [6.07, 6.45) is 1.95. The van der Waals surface area contributed by atoms with Crippen molar-refractivity contribution in [2.75, 3.05) is 19.8 Å². The summed E-state index contributed by atoms with van der Waals surface area (Å²) in [6, 6.07) is 3.75. The fourth-order valence-electron chi connectivity index (χ4n) is 1.76. The summed E-state index contributed by atoms with van der Waals surface area (Å²) < 4.78 is 23.6. The van der Waals surface area contributed by atoms with Gasteiger partial charge in [0.1, 0.15) is 17.3 Å². The number of phenols is 1. The van der Waals surface area contributed by atoms with Crippen LogP contribution in [0.3, 0.4) is 0 Å². The van der Waals surface area contributed by atoms with Crippen molar-refractivity contribution in [2.24, 2.45) is 5.92 Å². The summed E-state index contributed by atoms with van der Waals surface area (Å²) in [7, 11) is 0. The van der Waals surface area contributed by atoms with Gasteiger partial charge in [0.05, 0.1) is 6.61 Å². The summed E-state index contributed by atoms with van der Waals surface area (Å²) >= 11 is 0. The first-order chi connectivity index (χ1) is 7.74. The van der Waals surface area contributed by atoms with Crippen LogP contribution in [0.4, 0.5) is 4.39 Å². The molecular weight excluding hydrogens is 211 g/mol. The molecule has 1 N–H and O–H groups in total. The van der Waals surface area contributed by atoms with Crippen LogP contribution in [0.1, 0.15) is 12.8 Å². The van der Waals surface area contributed by atoms with Crippen LogP contribution in [0, 0.1) is 11.7 Å². The third-order valence-corrected chi connectivity index (χ3v) is 2.68. The zero-order valence-corrected chi connectivity index (χ0v) is 8.99. The summed E-state index contributed by atoms with van der Waals surface area (Å²) in [5.41, 5.74) is 0. The Kier molecular flexibility index (Phi) is 3.62. The molecule has 1 aromatic carbocycles. The number of ether oxygens (including phenoxy) is 2. The molecule has 0 bridgehead atoms. The quantitative estimate of drug-likeness (QED) is 0.859. The maximum atomic E-state index is 12.9. The Balaban J connectivity index is 1.88. The van der Waals surface area contributed by atoms with E-state index in [9.17, 15) is 9.50 Å². The average molecular weight is 226 g/mol. The van der Waals surface area contributed by atoms with Crippen molar-refractivity contribution in [1.29, 1.82) is 0 Å². The van der Waals surface area contributed by atoms with E-state index in [1.807, 2.05) is 0 Å². The molecule has 0 saturated carbocycles. The van der Waals surface area contributed by atoms with Crippen LogP contribution in [-0.2, 0) is 4.74 Å². The fourth-order valence-corrected chi connectivity index (χ4v) is 1.76. The number of halogens is 1. The molecule has 0 aromatic heterocycles. The van der Waals surface area contributed by atoms with E-state index in [4.69, 9.17) is 9.47 Å². The van der Waals surface area contributed by atoms with E-state index < -0.39 is 5.82 Å². The van der Waals surface area contributed by atoms with Crippen molar-refractivity contribution in [3.8, 4) is 11.5 Å². The molecule has 1 heterocycles. The van der Waals surface area contributed by atoms with Gasteiger partial charge in [-0.25, -0.2) is 4.39 Å². The van der Waals surface area contributed by atoms with Crippen LogP contribution >= 0.6 is 0 Å². The molecule has 1 aliphatic heterocycles. The smallest absolute Gasteiger partial charge is 0.130 e. The third kappa shape index (κ3) is 3.10. The predicted molar refractivity (Wildman–Crippen MR) is 57.1 cm³/mol. The number of hydrogen-bond acceptors (Lipinski definition) is 3. The second-order valence-electron chi connectivity index (χ2n) is 4.01. The number of rotatable bonds is 3. The first-order valence-electron chi connectivity index (χ1n) is 5.44. The van der Waals surface area contributed by atoms with Crippen LogP contribution in [0.15, 0.2) is 18.2 Å². The molecule has 1 saturated heterocycles. The molecule has 0 radical (unpaired) electrons. The lowest BCUT2D eigenvalue weighted by atomic mass is 10.0. The summed E-state index contributed by atoms with van der Waals surface area (Å²) in [5, 5.41) is 9.19. The monoisotopic (exact) mass is 226 g/mol. The minimum atomic E-state index is -0.484. The molecule has 3 nitrogen and oxygen atoms in total. The van der Waals surface area contributed by atoms with Gasteiger partial charge < -0.3 is 14.6 Å². The Morgan fingerprint density at radius 3 is 2.75 bits per heavy atom. The Bertz CT molecular complexity index is 328. The lowest BCUT2D eigenvalue weighted by Crippen LogP contribution is -2.21. The van der Waals surface area contributed by atoms with Crippen molar-refractivity contribution in [1.82, 2.24) is 0 Å². The van der Waals surface area contributed by atoms with Gasteiger partial charge in [-0.05, 0) is 18.8 Å². The minimum absolute atomic E-state index is 0.109. The number of benzene rings is 1. The van der Waals surface area contributed by atoms with Crippen molar-refractivity contribution >= 4 is 0 Å². The number of phenolic OH excluding ortho intramolecular Hbond substituents is 1. The van der Waals surface area contributed by atoms with E-state index in [0.29, 0.717) is 18.3 Å². The first kappa shape index (κ1) is 11.2. The molecule has 88 valence electrons. The molecule has 0 spiro atoms. The van der Waals surface area contributed by atoms with Gasteiger partial charge >= 0.3 is 0 Å². The molecule has 1 fully saturated rings. The first-order valence-corrected chi connectivity index (χ1v) is 5.44. The fraction of sp³-hybridized carbons (Fsp3) is 0.500. The molecule has 2 rings (SSSR count). The lowest BCUT2D eigenvalue weighted by molar-refractivity contribution is 0.0497. The van der Waals surface area contributed by atoms with Crippen LogP contribution in [0.5, 0.6) is 11.5 Å². The topological polar surface area (TPSA) is 38.7 Å². The van der Waals surface area contributed by atoms with Crippen LogP contribution in [0.25, 0.3) is 0 Å². The molecule has 0 aliphatic carbocycles. The minimum Gasteiger partial charge on any atom is -0.508 e. The second-order valence-corrected chi connectivity index (χ2v) is 4.01. The highest BCUT2D eigenvalue weighted by atomic mass is 19.1. The molecule has 4 heteroatoms. The summed E-state index contributed by atoms with van der Waals surface area (Å²) in [4.78, 5) is 0. The van der Waals surface area contributed by atoms with E-state index in [0.717, 1.165) is 32.1 Å². The normalized spacial score (nSPS) is 17.3. The molecular formula is C12H15FO3. The van der Waals surface area contributed by atoms with Gasteiger partial charge in [0.25, 0.3) is 0 Å². The number of aromatic hydroxyl groups is 1. The molecule has 0 unspecified atom stereocenters. The highest BCUT2D eigenvalue weighted by Crippen LogP contribution is 2.22. The van der Waals surface area contributed by atoms with Crippen molar-refractivity contribution in [3.05, 3.63) is 24.0 Å². The predicted octanol–water partition coefficient (Wildman–Crippen LogP) is 2.34. The summed E-state index contributed by atoms with van der Waals surface area (Å²) in [5.74, 6) is 0.243. The average Bonchev–Trinajstić information content (AvgIpc) is 2.27.